The molecule has 0 saturated carbocycles. The largest absolute Gasteiger partial charge is 0.324 e. The van der Waals surface area contributed by atoms with Crippen molar-refractivity contribution in [3.05, 3.63) is 46.7 Å². The minimum atomic E-state index is -0.105. The van der Waals surface area contributed by atoms with E-state index in [1.807, 2.05) is 32.2 Å². The first kappa shape index (κ1) is 12.6. The van der Waals surface area contributed by atoms with Crippen LogP contribution in [0.1, 0.15) is 11.4 Å². The fraction of sp³-hybridized carbons (Fsp3) is 0.231. The molecule has 5 heteroatoms. The van der Waals surface area contributed by atoms with Gasteiger partial charge in [0.2, 0.25) is 5.91 Å². The van der Waals surface area contributed by atoms with Gasteiger partial charge in [-0.2, -0.15) is 5.10 Å². The Morgan fingerprint density at radius 3 is 2.78 bits per heavy atom. The Morgan fingerprint density at radius 2 is 2.17 bits per heavy atom. The van der Waals surface area contributed by atoms with Gasteiger partial charge >= 0.3 is 0 Å². The number of carbonyl (C=O) groups excluding carboxylic acids is 1. The quantitative estimate of drug-likeness (QED) is 0.925. The molecule has 0 spiro atoms. The molecule has 1 amide bonds. The van der Waals surface area contributed by atoms with Crippen molar-refractivity contribution in [1.82, 2.24) is 9.78 Å². The number of hydrogen-bond donors (Lipinski definition) is 1. The SMILES string of the molecule is Cc1cc(CC(=O)Nc2ccccc2Cl)n(C)n1. The molecule has 0 fully saturated rings. The van der Waals surface area contributed by atoms with Crippen LogP contribution >= 0.6 is 11.6 Å². The molecule has 18 heavy (non-hydrogen) atoms. The van der Waals surface area contributed by atoms with Crippen molar-refractivity contribution < 1.29 is 4.79 Å². The van der Waals surface area contributed by atoms with Gasteiger partial charge in [0.1, 0.15) is 0 Å². The molecule has 0 unspecified atom stereocenters. The van der Waals surface area contributed by atoms with E-state index in [0.717, 1.165) is 11.4 Å². The van der Waals surface area contributed by atoms with Crippen LogP contribution in [0.2, 0.25) is 5.02 Å². The molecular formula is C13H14ClN3O. The summed E-state index contributed by atoms with van der Waals surface area (Å²) in [4.78, 5) is 11.9. The molecule has 0 radical (unpaired) electrons. The van der Waals surface area contributed by atoms with Crippen LogP contribution in [0, 0.1) is 6.92 Å². The minimum absolute atomic E-state index is 0.105. The van der Waals surface area contributed by atoms with Crippen LogP contribution in [0.15, 0.2) is 30.3 Å². The number of aromatic nitrogens is 2. The molecule has 1 N–H and O–H groups in total. The van der Waals surface area contributed by atoms with Gasteiger partial charge in [-0.05, 0) is 25.1 Å². The number of carbonyl (C=O) groups is 1. The zero-order valence-corrected chi connectivity index (χ0v) is 11.0. The van der Waals surface area contributed by atoms with Crippen molar-refractivity contribution >= 4 is 23.2 Å². The number of anilines is 1. The number of nitrogens with zero attached hydrogens (tertiary/aromatic N) is 2. The second-order valence-corrected chi connectivity index (χ2v) is 4.51. The summed E-state index contributed by atoms with van der Waals surface area (Å²) in [7, 11) is 1.82. The smallest absolute Gasteiger partial charge is 0.230 e. The number of para-hydroxylation sites is 1. The van der Waals surface area contributed by atoms with E-state index in [9.17, 15) is 4.79 Å². The van der Waals surface area contributed by atoms with Crippen LogP contribution in [-0.2, 0) is 18.3 Å². The number of hydrogen-bond acceptors (Lipinski definition) is 2. The molecule has 0 aliphatic carbocycles. The highest BCUT2D eigenvalue weighted by Gasteiger charge is 2.09. The lowest BCUT2D eigenvalue weighted by Gasteiger charge is -2.06. The minimum Gasteiger partial charge on any atom is -0.324 e. The van der Waals surface area contributed by atoms with Crippen LogP contribution in [0.4, 0.5) is 5.69 Å². The van der Waals surface area contributed by atoms with Gasteiger partial charge in [-0.15, -0.1) is 0 Å². The first-order chi connectivity index (χ1) is 8.56. The molecule has 1 aromatic carbocycles. The van der Waals surface area contributed by atoms with Gasteiger partial charge in [-0.1, -0.05) is 23.7 Å². The van der Waals surface area contributed by atoms with Crippen LogP contribution in [-0.4, -0.2) is 15.7 Å². The van der Waals surface area contributed by atoms with Gasteiger partial charge in [0.25, 0.3) is 0 Å². The zero-order valence-electron chi connectivity index (χ0n) is 10.3. The lowest BCUT2D eigenvalue weighted by molar-refractivity contribution is -0.115. The van der Waals surface area contributed by atoms with Crippen molar-refractivity contribution in [2.75, 3.05) is 5.32 Å². The van der Waals surface area contributed by atoms with Gasteiger partial charge in [-0.3, -0.25) is 9.48 Å². The maximum Gasteiger partial charge on any atom is 0.230 e. The number of halogens is 1. The fourth-order valence-electron chi connectivity index (χ4n) is 1.75. The third-order valence-electron chi connectivity index (χ3n) is 2.59. The van der Waals surface area contributed by atoms with Crippen LogP contribution < -0.4 is 5.32 Å². The van der Waals surface area contributed by atoms with E-state index in [-0.39, 0.29) is 12.3 Å². The van der Waals surface area contributed by atoms with Crippen molar-refractivity contribution in [1.29, 1.82) is 0 Å². The summed E-state index contributed by atoms with van der Waals surface area (Å²) in [6, 6.07) is 9.06. The molecule has 2 aromatic rings. The van der Waals surface area contributed by atoms with Crippen molar-refractivity contribution in [2.24, 2.45) is 7.05 Å². The monoisotopic (exact) mass is 263 g/mol. The Hall–Kier alpha value is -1.81. The predicted octanol–water partition coefficient (Wildman–Crippen LogP) is 2.56. The Morgan fingerprint density at radius 1 is 1.44 bits per heavy atom. The second-order valence-electron chi connectivity index (χ2n) is 4.11. The summed E-state index contributed by atoms with van der Waals surface area (Å²) in [5, 5.41) is 7.52. The van der Waals surface area contributed by atoms with E-state index in [1.165, 1.54) is 0 Å². The normalized spacial score (nSPS) is 10.4. The van der Waals surface area contributed by atoms with Crippen LogP contribution in [0.3, 0.4) is 0 Å². The Bertz CT molecular complexity index is 577. The lowest BCUT2D eigenvalue weighted by atomic mass is 10.2. The molecule has 0 aliphatic heterocycles. The maximum atomic E-state index is 11.9. The number of amides is 1. The molecule has 1 aromatic heterocycles. The summed E-state index contributed by atoms with van der Waals surface area (Å²) in [5.74, 6) is -0.105. The summed E-state index contributed by atoms with van der Waals surface area (Å²) in [6.07, 6.45) is 0.280. The summed E-state index contributed by atoms with van der Waals surface area (Å²) in [5.41, 5.74) is 2.40. The van der Waals surface area contributed by atoms with Gasteiger partial charge in [0.05, 0.1) is 22.8 Å². The predicted molar refractivity (Wildman–Crippen MR) is 71.7 cm³/mol. The molecule has 4 nitrogen and oxygen atoms in total. The highest BCUT2D eigenvalue weighted by Crippen LogP contribution is 2.20. The fourth-order valence-corrected chi connectivity index (χ4v) is 1.93. The van der Waals surface area contributed by atoms with Crippen molar-refractivity contribution in [2.45, 2.75) is 13.3 Å². The molecule has 2 rings (SSSR count). The summed E-state index contributed by atoms with van der Waals surface area (Å²) in [6.45, 7) is 1.90. The van der Waals surface area contributed by atoms with Gasteiger partial charge < -0.3 is 5.32 Å². The molecule has 0 atom stereocenters. The van der Waals surface area contributed by atoms with E-state index in [1.54, 1.807) is 16.8 Å². The Kier molecular flexibility index (Phi) is 3.67. The zero-order chi connectivity index (χ0) is 13.1. The van der Waals surface area contributed by atoms with E-state index in [2.05, 4.69) is 10.4 Å². The number of rotatable bonds is 3. The van der Waals surface area contributed by atoms with E-state index >= 15 is 0 Å². The molecule has 94 valence electrons. The molecule has 0 saturated heterocycles. The first-order valence-corrected chi connectivity index (χ1v) is 5.98. The highest BCUT2D eigenvalue weighted by molar-refractivity contribution is 6.33. The third kappa shape index (κ3) is 2.90. The van der Waals surface area contributed by atoms with Crippen molar-refractivity contribution in [3.63, 3.8) is 0 Å². The molecule has 1 heterocycles. The van der Waals surface area contributed by atoms with E-state index in [0.29, 0.717) is 10.7 Å². The summed E-state index contributed by atoms with van der Waals surface area (Å²) >= 11 is 5.97. The van der Waals surface area contributed by atoms with Gasteiger partial charge in [0, 0.05) is 12.7 Å². The van der Waals surface area contributed by atoms with Gasteiger partial charge in [-0.25, -0.2) is 0 Å². The molecular weight excluding hydrogens is 250 g/mol. The van der Waals surface area contributed by atoms with E-state index in [4.69, 9.17) is 11.6 Å². The van der Waals surface area contributed by atoms with Crippen LogP contribution in [0.25, 0.3) is 0 Å². The maximum absolute atomic E-state index is 11.9. The summed E-state index contributed by atoms with van der Waals surface area (Å²) < 4.78 is 1.71. The molecule has 0 bridgehead atoms. The Balaban J connectivity index is 2.06. The van der Waals surface area contributed by atoms with Crippen LogP contribution in [0.5, 0.6) is 0 Å². The molecule has 0 aliphatic rings. The standard InChI is InChI=1S/C13H14ClN3O/c1-9-7-10(17(2)16-9)8-13(18)15-12-6-4-3-5-11(12)14/h3-7H,8H2,1-2H3,(H,15,18). The average Bonchev–Trinajstić information content (AvgIpc) is 2.61. The lowest BCUT2D eigenvalue weighted by Crippen LogP contribution is -2.16. The van der Waals surface area contributed by atoms with Gasteiger partial charge in [0.15, 0.2) is 0 Å². The third-order valence-corrected chi connectivity index (χ3v) is 2.92. The number of benzene rings is 1. The Labute approximate surface area is 111 Å². The topological polar surface area (TPSA) is 46.9 Å². The number of nitrogens with one attached hydrogen (secondary N) is 1. The van der Waals surface area contributed by atoms with E-state index < -0.39 is 0 Å². The highest BCUT2D eigenvalue weighted by atomic mass is 35.5. The second kappa shape index (κ2) is 5.23. The first-order valence-electron chi connectivity index (χ1n) is 5.60. The van der Waals surface area contributed by atoms with Crippen molar-refractivity contribution in [3.8, 4) is 0 Å². The number of aryl methyl sites for hydroxylation is 2. The average molecular weight is 264 g/mol.